The van der Waals surface area contributed by atoms with Crippen molar-refractivity contribution in [3.8, 4) is 11.1 Å². The van der Waals surface area contributed by atoms with E-state index < -0.39 is 21.8 Å². The number of hydrogen-bond donors (Lipinski definition) is 5. The second-order valence-electron chi connectivity index (χ2n) is 9.77. The minimum absolute atomic E-state index is 0.0959. The molecule has 4 aromatic carbocycles. The molecule has 3 amide bonds. The summed E-state index contributed by atoms with van der Waals surface area (Å²) in [4.78, 5) is 51.0. The van der Waals surface area contributed by atoms with Crippen molar-refractivity contribution >= 4 is 56.4 Å². The van der Waals surface area contributed by atoms with Gasteiger partial charge in [-0.3, -0.25) is 23.9 Å². The van der Waals surface area contributed by atoms with E-state index in [1.165, 1.54) is 30.3 Å². The maximum Gasteiger partial charge on any atom is 0.257 e. The lowest BCUT2D eigenvalue weighted by Gasteiger charge is -2.14. The van der Waals surface area contributed by atoms with E-state index in [-0.39, 0.29) is 28.4 Å². The number of hydrogen-bond acceptors (Lipinski definition) is 6. The zero-order valence-electron chi connectivity index (χ0n) is 24.3. The summed E-state index contributed by atoms with van der Waals surface area (Å²) in [5.41, 5.74) is 7.57. The number of rotatable bonds is 8. The highest BCUT2D eigenvalue weighted by atomic mass is 35.5. The van der Waals surface area contributed by atoms with Crippen LogP contribution in [0, 0.1) is 0 Å². The zero-order valence-corrected chi connectivity index (χ0v) is 25.9. The molecule has 0 bridgehead atoms. The van der Waals surface area contributed by atoms with Crippen LogP contribution in [0.3, 0.4) is 0 Å². The Kier molecular flexibility index (Phi) is 10.7. The maximum absolute atomic E-state index is 13.1. The highest BCUT2D eigenvalue weighted by molar-refractivity contribution is 7.92. The van der Waals surface area contributed by atoms with Crippen LogP contribution < -0.4 is 26.6 Å². The number of nitrogens with one attached hydrogen (secondary N) is 4. The van der Waals surface area contributed by atoms with Gasteiger partial charge in [0.1, 0.15) is 0 Å². The van der Waals surface area contributed by atoms with Crippen LogP contribution in [0.15, 0.2) is 120 Å². The van der Waals surface area contributed by atoms with Crippen LogP contribution in [0.5, 0.6) is 0 Å². The predicted molar refractivity (Wildman–Crippen MR) is 180 cm³/mol. The lowest BCUT2D eigenvalue weighted by atomic mass is 10.1. The van der Waals surface area contributed by atoms with E-state index in [2.05, 4.69) is 20.3 Å². The van der Waals surface area contributed by atoms with Crippen molar-refractivity contribution in [3.63, 3.8) is 0 Å². The summed E-state index contributed by atoms with van der Waals surface area (Å²) in [5, 5.41) is 5.87. The number of aromatic amines is 1. The summed E-state index contributed by atoms with van der Waals surface area (Å²) in [6, 6.07) is 29.2. The van der Waals surface area contributed by atoms with Crippen LogP contribution in [0.2, 0.25) is 5.02 Å². The summed E-state index contributed by atoms with van der Waals surface area (Å²) in [7, 11) is -3.59. The Morgan fingerprint density at radius 3 is 1.98 bits per heavy atom. The number of primary amides is 1. The van der Waals surface area contributed by atoms with Crippen molar-refractivity contribution in [2.24, 2.45) is 5.73 Å². The first-order valence-electron chi connectivity index (χ1n) is 13.5. The van der Waals surface area contributed by atoms with E-state index in [4.69, 9.17) is 17.3 Å². The van der Waals surface area contributed by atoms with Crippen molar-refractivity contribution in [2.45, 2.75) is 0 Å². The number of amides is 3. The van der Waals surface area contributed by atoms with Gasteiger partial charge in [-0.25, -0.2) is 8.42 Å². The van der Waals surface area contributed by atoms with Gasteiger partial charge in [0.25, 0.3) is 17.4 Å². The molecule has 0 aliphatic carbocycles. The molecule has 13 heteroatoms. The number of aromatic nitrogens is 1. The van der Waals surface area contributed by atoms with Crippen molar-refractivity contribution in [2.75, 3.05) is 21.6 Å². The Morgan fingerprint density at radius 2 is 1.39 bits per heavy atom. The largest absolute Gasteiger partial charge is 0.366 e. The average molecular weight is 658 g/mol. The average Bonchev–Trinajstić information content (AvgIpc) is 3.02. The molecular weight excluding hydrogens is 630 g/mol. The summed E-state index contributed by atoms with van der Waals surface area (Å²) in [6.45, 7) is 0. The van der Waals surface area contributed by atoms with Gasteiger partial charge in [0.2, 0.25) is 15.9 Å². The topological polar surface area (TPSA) is 180 Å². The summed E-state index contributed by atoms with van der Waals surface area (Å²) in [5.74, 6) is -1.43. The highest BCUT2D eigenvalue weighted by Gasteiger charge is 2.17. The highest BCUT2D eigenvalue weighted by Crippen LogP contribution is 2.25. The fourth-order valence-electron chi connectivity index (χ4n) is 4.10. The molecule has 6 N–H and O–H groups in total. The van der Waals surface area contributed by atoms with Gasteiger partial charge in [0.15, 0.2) is 0 Å². The number of pyridine rings is 1. The molecule has 0 radical (unpaired) electrons. The number of halogens is 1. The molecule has 11 nitrogen and oxygen atoms in total. The number of nitrogens with two attached hydrogens (primary N) is 1. The molecule has 46 heavy (non-hydrogen) atoms. The van der Waals surface area contributed by atoms with Crippen LogP contribution in [0.25, 0.3) is 11.1 Å². The van der Waals surface area contributed by atoms with Crippen LogP contribution in [-0.2, 0) is 10.0 Å². The smallest absolute Gasteiger partial charge is 0.257 e. The van der Waals surface area contributed by atoms with Gasteiger partial charge in [0.05, 0.1) is 23.2 Å². The maximum atomic E-state index is 13.1. The molecule has 5 rings (SSSR count). The monoisotopic (exact) mass is 657 g/mol. The van der Waals surface area contributed by atoms with Gasteiger partial charge in [-0.2, -0.15) is 0 Å². The summed E-state index contributed by atoms with van der Waals surface area (Å²) < 4.78 is 25.7. The van der Waals surface area contributed by atoms with E-state index >= 15 is 0 Å². The second kappa shape index (κ2) is 14.8. The molecule has 0 spiro atoms. The molecule has 0 saturated carbocycles. The van der Waals surface area contributed by atoms with Crippen LogP contribution in [-0.4, -0.2) is 37.4 Å². The van der Waals surface area contributed by atoms with Gasteiger partial charge in [0, 0.05) is 33.6 Å². The van der Waals surface area contributed by atoms with E-state index in [9.17, 15) is 27.6 Å². The zero-order chi connectivity index (χ0) is 33.3. The second-order valence-corrected chi connectivity index (χ2v) is 12.0. The van der Waals surface area contributed by atoms with Crippen molar-refractivity contribution in [3.05, 3.63) is 147 Å². The third kappa shape index (κ3) is 9.39. The Balaban J connectivity index is 0.000000459. The number of carbonyl (C=O) groups excluding carboxylic acids is 3. The molecule has 0 fully saturated rings. The molecule has 0 aliphatic heterocycles. The molecule has 1 aromatic heterocycles. The standard InChI is InChI=1S/C26H21ClN4O5S.C7H7NO/c1-37(35,36)31-20-12-13-22(23(15-20)30-24(32)17-4-8-18(27)9-5-17)26(34)29-19-10-6-16(7-11-19)21-3-2-14-28-25(21)33;8-7(9)6-4-2-1-3-5-6/h2-15,31H,1H3,(H,28,33)(H,29,34)(H,30,32);1-5H,(H2,8,9). The molecule has 0 aliphatic rings. The van der Waals surface area contributed by atoms with Crippen LogP contribution >= 0.6 is 11.6 Å². The fraction of sp³-hybridized carbons (Fsp3) is 0.0303. The Hall–Kier alpha value is -5.72. The van der Waals surface area contributed by atoms with Crippen molar-refractivity contribution in [1.29, 1.82) is 0 Å². The molecule has 5 aromatic rings. The lowest BCUT2D eigenvalue weighted by molar-refractivity contribution is 0.0995. The third-order valence-electron chi connectivity index (χ3n) is 6.25. The van der Waals surface area contributed by atoms with Crippen molar-refractivity contribution < 1.29 is 22.8 Å². The number of carbonyl (C=O) groups is 3. The predicted octanol–water partition coefficient (Wildman–Crippen LogP) is 5.36. The van der Waals surface area contributed by atoms with Gasteiger partial charge >= 0.3 is 0 Å². The number of H-pyrrole nitrogens is 1. The number of sulfonamides is 1. The Labute approximate surface area is 269 Å². The van der Waals surface area contributed by atoms with E-state index in [0.29, 0.717) is 33.0 Å². The van der Waals surface area contributed by atoms with Gasteiger partial charge in [-0.1, -0.05) is 41.9 Å². The number of anilines is 3. The minimum Gasteiger partial charge on any atom is -0.366 e. The molecule has 1 heterocycles. The van der Waals surface area contributed by atoms with Gasteiger partial charge in [-0.05, 0) is 84.4 Å². The molecular formula is C33H28ClN5O6S. The lowest BCUT2D eigenvalue weighted by Crippen LogP contribution is -2.19. The first-order chi connectivity index (χ1) is 21.9. The van der Waals surface area contributed by atoms with Gasteiger partial charge in [-0.15, -0.1) is 0 Å². The first kappa shape index (κ1) is 33.2. The van der Waals surface area contributed by atoms with Crippen LogP contribution in [0.1, 0.15) is 31.1 Å². The SMILES string of the molecule is CS(=O)(=O)Nc1ccc(C(=O)Nc2ccc(-c3ccc[nH]c3=O)cc2)c(NC(=O)c2ccc(Cl)cc2)c1.NC(=O)c1ccccc1. The molecule has 0 unspecified atom stereocenters. The fourth-order valence-corrected chi connectivity index (χ4v) is 4.78. The molecule has 0 atom stereocenters. The van der Waals surface area contributed by atoms with E-state index in [1.54, 1.807) is 79.0 Å². The quantitative estimate of drug-likeness (QED) is 0.150. The Morgan fingerprint density at radius 1 is 0.739 bits per heavy atom. The minimum atomic E-state index is -3.59. The first-order valence-corrected chi connectivity index (χ1v) is 15.8. The number of benzene rings is 4. The Bertz CT molecular complexity index is 2030. The molecule has 0 saturated heterocycles. The normalized spacial score (nSPS) is 10.6. The van der Waals surface area contributed by atoms with Gasteiger partial charge < -0.3 is 21.4 Å². The summed E-state index contributed by atoms with van der Waals surface area (Å²) in [6.07, 6.45) is 2.53. The summed E-state index contributed by atoms with van der Waals surface area (Å²) >= 11 is 5.89. The van der Waals surface area contributed by atoms with Crippen molar-refractivity contribution in [1.82, 2.24) is 4.98 Å². The van der Waals surface area contributed by atoms with E-state index in [0.717, 1.165) is 6.26 Å². The third-order valence-corrected chi connectivity index (χ3v) is 7.11. The van der Waals surface area contributed by atoms with E-state index in [1.807, 2.05) is 6.07 Å². The molecule has 234 valence electrons. The van der Waals surface area contributed by atoms with Crippen LogP contribution in [0.4, 0.5) is 17.1 Å².